The molecular formula is C23H27F3N8O4SSi. The Balaban J connectivity index is 1.35. The van der Waals surface area contributed by atoms with Gasteiger partial charge in [0.2, 0.25) is 5.91 Å². The molecule has 2 N–H and O–H groups in total. The lowest BCUT2D eigenvalue weighted by Crippen LogP contribution is -2.69. The van der Waals surface area contributed by atoms with Crippen LogP contribution < -0.4 is 20.7 Å². The SMILES string of the molecule is CN1C(=O)[C@@]2(S)CN(C(=O)CCOC[C@](C)([SiH3])Nc3cn[nH]c(=O)c3C(F)(F)F)CCN2c2ncc(C#N)cc21. The summed E-state index contributed by atoms with van der Waals surface area (Å²) in [4.78, 5) is 45.6. The molecule has 0 aliphatic carbocycles. The monoisotopic (exact) mass is 596 g/mol. The van der Waals surface area contributed by atoms with Crippen LogP contribution in [0.1, 0.15) is 24.5 Å². The Bertz CT molecular complexity index is 1430. The van der Waals surface area contributed by atoms with Crippen molar-refractivity contribution in [3.8, 4) is 6.07 Å². The van der Waals surface area contributed by atoms with Crippen molar-refractivity contribution in [2.24, 2.45) is 0 Å². The average molecular weight is 597 g/mol. The number of likely N-dealkylation sites (N-methyl/N-ethyl adjacent to an activating group) is 1. The first kappa shape index (κ1) is 29.4. The third-order valence-corrected chi connectivity index (χ3v) is 7.69. The molecule has 0 bridgehead atoms. The molecule has 2 amide bonds. The van der Waals surface area contributed by atoms with E-state index in [1.165, 1.54) is 16.0 Å². The molecule has 1 fully saturated rings. The van der Waals surface area contributed by atoms with Gasteiger partial charge in [-0.15, -0.1) is 12.6 Å². The summed E-state index contributed by atoms with van der Waals surface area (Å²) in [5, 5.41) is 16.2. The Morgan fingerprint density at radius 3 is 2.75 bits per heavy atom. The second-order valence-electron chi connectivity index (χ2n) is 10.1. The predicted molar refractivity (Wildman–Crippen MR) is 145 cm³/mol. The third-order valence-electron chi connectivity index (χ3n) is 6.58. The maximum atomic E-state index is 13.3. The number of rotatable bonds is 7. The van der Waals surface area contributed by atoms with E-state index in [-0.39, 0.29) is 44.5 Å². The van der Waals surface area contributed by atoms with E-state index >= 15 is 0 Å². The molecule has 2 aliphatic rings. The van der Waals surface area contributed by atoms with E-state index in [0.29, 0.717) is 33.9 Å². The largest absolute Gasteiger partial charge is 0.423 e. The number of carbonyl (C=O) groups excluding carboxylic acids is 2. The first-order valence-corrected chi connectivity index (χ1v) is 13.6. The fourth-order valence-electron chi connectivity index (χ4n) is 4.67. The zero-order valence-electron chi connectivity index (χ0n) is 21.9. The van der Waals surface area contributed by atoms with Crippen molar-refractivity contribution in [1.82, 2.24) is 20.1 Å². The maximum absolute atomic E-state index is 13.3. The van der Waals surface area contributed by atoms with E-state index in [1.807, 2.05) is 6.07 Å². The van der Waals surface area contributed by atoms with Gasteiger partial charge in [-0.3, -0.25) is 14.4 Å². The second kappa shape index (κ2) is 10.7. The van der Waals surface area contributed by atoms with Gasteiger partial charge in [0, 0.05) is 41.7 Å². The molecule has 2 aromatic heterocycles. The van der Waals surface area contributed by atoms with Crippen LogP contribution in [-0.2, 0) is 20.5 Å². The number of nitrogens with one attached hydrogen (secondary N) is 2. The molecule has 4 heterocycles. The number of H-pyrrole nitrogens is 1. The van der Waals surface area contributed by atoms with Crippen LogP contribution in [0.15, 0.2) is 23.3 Å². The molecular weight excluding hydrogens is 569 g/mol. The van der Waals surface area contributed by atoms with Crippen LogP contribution in [0.2, 0.25) is 0 Å². The van der Waals surface area contributed by atoms with Crippen molar-refractivity contribution in [3.63, 3.8) is 0 Å². The van der Waals surface area contributed by atoms with Gasteiger partial charge < -0.3 is 24.8 Å². The van der Waals surface area contributed by atoms with Crippen molar-refractivity contribution >= 4 is 51.9 Å². The average Bonchev–Trinajstić information content (AvgIpc) is 2.88. The molecule has 40 heavy (non-hydrogen) atoms. The van der Waals surface area contributed by atoms with Gasteiger partial charge in [-0.1, -0.05) is 0 Å². The number of piperazine rings is 1. The summed E-state index contributed by atoms with van der Waals surface area (Å²) in [5.74, 6) is -0.141. The van der Waals surface area contributed by atoms with Gasteiger partial charge in [0.1, 0.15) is 11.6 Å². The van der Waals surface area contributed by atoms with Crippen molar-refractivity contribution in [3.05, 3.63) is 39.9 Å². The number of hydrogen-bond acceptors (Lipinski definition) is 10. The summed E-state index contributed by atoms with van der Waals surface area (Å²) in [7, 11) is 1.91. The van der Waals surface area contributed by atoms with E-state index in [1.54, 1.807) is 30.0 Å². The molecule has 2 atom stereocenters. The molecule has 1 saturated heterocycles. The number of aromatic nitrogens is 3. The first-order chi connectivity index (χ1) is 18.7. The lowest BCUT2D eigenvalue weighted by atomic mass is 10.0. The highest BCUT2D eigenvalue weighted by atomic mass is 32.1. The van der Waals surface area contributed by atoms with Gasteiger partial charge in [-0.05, 0) is 13.0 Å². The Hall–Kier alpha value is -3.62. The van der Waals surface area contributed by atoms with E-state index < -0.39 is 33.0 Å². The van der Waals surface area contributed by atoms with Crippen molar-refractivity contribution in [1.29, 1.82) is 5.26 Å². The number of pyridine rings is 1. The number of amides is 2. The molecule has 0 radical (unpaired) electrons. The molecule has 0 spiro atoms. The number of carbonyl (C=O) groups is 2. The minimum absolute atomic E-state index is 0.00499. The molecule has 214 valence electrons. The van der Waals surface area contributed by atoms with Gasteiger partial charge in [-0.2, -0.15) is 23.5 Å². The molecule has 17 heteroatoms. The van der Waals surface area contributed by atoms with E-state index in [9.17, 15) is 32.8 Å². The molecule has 2 aliphatic heterocycles. The molecule has 2 aromatic rings. The van der Waals surface area contributed by atoms with Crippen LogP contribution in [0.5, 0.6) is 0 Å². The van der Waals surface area contributed by atoms with Crippen molar-refractivity contribution in [2.75, 3.05) is 55.0 Å². The zero-order valence-corrected chi connectivity index (χ0v) is 24.8. The smallest absolute Gasteiger partial charge is 0.379 e. The summed E-state index contributed by atoms with van der Waals surface area (Å²) < 4.78 is 45.6. The van der Waals surface area contributed by atoms with Crippen LogP contribution in [0.3, 0.4) is 0 Å². The van der Waals surface area contributed by atoms with Gasteiger partial charge >= 0.3 is 6.18 Å². The van der Waals surface area contributed by atoms with E-state index in [0.717, 1.165) is 6.20 Å². The molecule has 12 nitrogen and oxygen atoms in total. The number of halogens is 3. The summed E-state index contributed by atoms with van der Waals surface area (Å²) in [6.07, 6.45) is -2.57. The van der Waals surface area contributed by atoms with Crippen LogP contribution in [0, 0.1) is 11.3 Å². The Morgan fingerprint density at radius 1 is 1.35 bits per heavy atom. The molecule has 4 rings (SSSR count). The van der Waals surface area contributed by atoms with Crippen LogP contribution in [-0.4, -0.2) is 92.1 Å². The zero-order chi connectivity index (χ0) is 29.5. The summed E-state index contributed by atoms with van der Waals surface area (Å²) in [5.41, 5.74) is -2.37. The summed E-state index contributed by atoms with van der Waals surface area (Å²) in [6, 6.07) is 3.59. The summed E-state index contributed by atoms with van der Waals surface area (Å²) >= 11 is 4.68. The minimum atomic E-state index is -4.87. The lowest BCUT2D eigenvalue weighted by molar-refractivity contribution is -0.138. The normalized spacial score (nSPS) is 20.4. The van der Waals surface area contributed by atoms with Gasteiger partial charge in [0.05, 0.1) is 49.3 Å². The topological polar surface area (TPSA) is 148 Å². The van der Waals surface area contributed by atoms with Crippen LogP contribution in [0.4, 0.5) is 30.4 Å². The molecule has 0 unspecified atom stereocenters. The number of fused-ring (bicyclic) bond motifs is 3. The van der Waals surface area contributed by atoms with Crippen molar-refractivity contribution < 1.29 is 27.5 Å². The Kier molecular flexibility index (Phi) is 7.89. The maximum Gasteiger partial charge on any atom is 0.423 e. The van der Waals surface area contributed by atoms with Crippen molar-refractivity contribution in [2.45, 2.75) is 29.6 Å². The highest BCUT2D eigenvalue weighted by Crippen LogP contribution is 2.42. The Morgan fingerprint density at radius 2 is 2.08 bits per heavy atom. The number of hydrogen-bond donors (Lipinski definition) is 3. The predicted octanol–water partition coefficient (Wildman–Crippen LogP) is -0.0931. The first-order valence-electron chi connectivity index (χ1n) is 12.1. The number of nitrogens with zero attached hydrogens (tertiary/aromatic N) is 6. The fourth-order valence-corrected chi connectivity index (χ4v) is 5.66. The number of anilines is 3. The highest BCUT2D eigenvalue weighted by molar-refractivity contribution is 7.83. The third kappa shape index (κ3) is 5.64. The van der Waals surface area contributed by atoms with Crippen LogP contribution in [0.25, 0.3) is 0 Å². The number of thiol groups is 1. The molecule has 0 saturated carbocycles. The van der Waals surface area contributed by atoms with Gasteiger partial charge in [-0.25, -0.2) is 10.1 Å². The number of alkyl halides is 3. The summed E-state index contributed by atoms with van der Waals surface area (Å²) in [6.45, 7) is 2.20. The number of ether oxygens (including phenoxy) is 1. The lowest BCUT2D eigenvalue weighted by Gasteiger charge is -2.52. The van der Waals surface area contributed by atoms with Gasteiger partial charge in [0.15, 0.2) is 10.7 Å². The standard InChI is InChI=1S/C23H27F3N8O4SSi/c1-21(40,30-14-10-29-31-19(36)17(14)23(24,25)26)12-38-6-3-16(35)33-4-5-34-18-15(7-13(8-27)9-28-18)32(2)20(37)22(34,39)11-33/h7,9-10,39H,3-6,11-12H2,1-2,40H3,(H2,30,31,36)/t21-,22-/m0/s1. The number of nitriles is 1. The second-order valence-corrected chi connectivity index (χ2v) is 13.1. The van der Waals surface area contributed by atoms with Crippen LogP contribution >= 0.6 is 12.6 Å². The molecule has 0 aromatic carbocycles. The highest BCUT2D eigenvalue weighted by Gasteiger charge is 2.52. The van der Waals surface area contributed by atoms with E-state index in [2.05, 4.69) is 28.0 Å². The fraction of sp³-hybridized carbons (Fsp3) is 0.478. The number of aromatic amines is 1. The quantitative estimate of drug-likeness (QED) is 0.227. The van der Waals surface area contributed by atoms with E-state index in [4.69, 9.17) is 4.74 Å². The minimum Gasteiger partial charge on any atom is -0.379 e. The van der Waals surface area contributed by atoms with Gasteiger partial charge in [0.25, 0.3) is 11.5 Å². The Labute approximate surface area is 235 Å².